The molecule has 0 aliphatic rings. The lowest BCUT2D eigenvalue weighted by Crippen LogP contribution is -2.02. The van der Waals surface area contributed by atoms with Crippen LogP contribution in [0.5, 0.6) is 5.75 Å². The third-order valence-electron chi connectivity index (χ3n) is 1.63. The van der Waals surface area contributed by atoms with E-state index < -0.39 is 6.43 Å². The van der Waals surface area contributed by atoms with E-state index in [0.717, 1.165) is 0 Å². The van der Waals surface area contributed by atoms with Crippen molar-refractivity contribution in [2.24, 2.45) is 5.73 Å². The Bertz CT molecular complexity index is 276. The predicted octanol–water partition coefficient (Wildman–Crippen LogP) is 1.79. The van der Waals surface area contributed by atoms with Gasteiger partial charge in [-0.05, 0) is 6.07 Å². The average Bonchev–Trinajstić information content (AvgIpc) is 2.03. The third kappa shape index (κ3) is 1.53. The van der Waals surface area contributed by atoms with E-state index in [1.165, 1.54) is 18.2 Å². The number of halogens is 2. The largest absolute Gasteiger partial charge is 0.508 e. The summed E-state index contributed by atoms with van der Waals surface area (Å²) in [7, 11) is 0. The van der Waals surface area contributed by atoms with Crippen LogP contribution in [0.2, 0.25) is 0 Å². The van der Waals surface area contributed by atoms with Gasteiger partial charge in [0.15, 0.2) is 0 Å². The van der Waals surface area contributed by atoms with Gasteiger partial charge in [0.2, 0.25) is 0 Å². The van der Waals surface area contributed by atoms with Gasteiger partial charge in [0.1, 0.15) is 5.75 Å². The third-order valence-corrected chi connectivity index (χ3v) is 1.63. The van der Waals surface area contributed by atoms with Crippen LogP contribution in [0.4, 0.5) is 8.78 Å². The van der Waals surface area contributed by atoms with Crippen LogP contribution in [0.1, 0.15) is 17.6 Å². The summed E-state index contributed by atoms with van der Waals surface area (Å²) in [6.07, 6.45) is -2.59. The molecule has 0 aliphatic carbocycles. The van der Waals surface area contributed by atoms with E-state index in [0.29, 0.717) is 0 Å². The Morgan fingerprint density at radius 3 is 2.50 bits per heavy atom. The molecule has 1 rings (SSSR count). The highest BCUT2D eigenvalue weighted by molar-refractivity contribution is 5.39. The Balaban J connectivity index is 3.18. The Morgan fingerprint density at radius 1 is 1.42 bits per heavy atom. The first-order valence-electron chi connectivity index (χ1n) is 3.45. The summed E-state index contributed by atoms with van der Waals surface area (Å²) in [6.45, 7) is -0.0770. The SMILES string of the molecule is NCc1c(O)cccc1C(F)F. The van der Waals surface area contributed by atoms with Crippen molar-refractivity contribution < 1.29 is 13.9 Å². The van der Waals surface area contributed by atoms with Crippen LogP contribution in [0.25, 0.3) is 0 Å². The van der Waals surface area contributed by atoms with Crippen LogP contribution in [0.15, 0.2) is 18.2 Å². The number of aromatic hydroxyl groups is 1. The molecule has 0 fully saturated rings. The van der Waals surface area contributed by atoms with Gasteiger partial charge < -0.3 is 10.8 Å². The van der Waals surface area contributed by atoms with E-state index >= 15 is 0 Å². The smallest absolute Gasteiger partial charge is 0.264 e. The molecule has 0 heterocycles. The van der Waals surface area contributed by atoms with Gasteiger partial charge >= 0.3 is 0 Å². The highest BCUT2D eigenvalue weighted by Gasteiger charge is 2.13. The Kier molecular flexibility index (Phi) is 2.60. The zero-order chi connectivity index (χ0) is 9.14. The molecule has 1 aromatic carbocycles. The number of benzene rings is 1. The van der Waals surface area contributed by atoms with Crippen molar-refractivity contribution in [1.29, 1.82) is 0 Å². The van der Waals surface area contributed by atoms with Gasteiger partial charge in [-0.15, -0.1) is 0 Å². The fourth-order valence-corrected chi connectivity index (χ4v) is 1.02. The first kappa shape index (κ1) is 8.93. The predicted molar refractivity (Wildman–Crippen MR) is 41.0 cm³/mol. The van der Waals surface area contributed by atoms with Gasteiger partial charge in [0.25, 0.3) is 6.43 Å². The van der Waals surface area contributed by atoms with Gasteiger partial charge in [-0.2, -0.15) is 0 Å². The van der Waals surface area contributed by atoms with Crippen LogP contribution < -0.4 is 5.73 Å². The molecule has 0 radical (unpaired) electrons. The minimum absolute atomic E-state index is 0.0770. The molecule has 0 atom stereocenters. The number of alkyl halides is 2. The lowest BCUT2D eigenvalue weighted by Gasteiger charge is -2.07. The number of nitrogens with two attached hydrogens (primary N) is 1. The monoisotopic (exact) mass is 173 g/mol. The van der Waals surface area contributed by atoms with E-state index in [1.54, 1.807) is 0 Å². The summed E-state index contributed by atoms with van der Waals surface area (Å²) in [5, 5.41) is 9.13. The molecule has 2 nitrogen and oxygen atoms in total. The fourth-order valence-electron chi connectivity index (χ4n) is 1.02. The number of phenols is 1. The second-order valence-corrected chi connectivity index (χ2v) is 2.35. The van der Waals surface area contributed by atoms with Crippen molar-refractivity contribution >= 4 is 0 Å². The van der Waals surface area contributed by atoms with Crippen LogP contribution in [0.3, 0.4) is 0 Å². The molecule has 0 unspecified atom stereocenters. The van der Waals surface area contributed by atoms with Crippen molar-refractivity contribution in [3.05, 3.63) is 29.3 Å². The van der Waals surface area contributed by atoms with Crippen molar-refractivity contribution in [2.45, 2.75) is 13.0 Å². The summed E-state index contributed by atoms with van der Waals surface area (Å²) in [4.78, 5) is 0. The van der Waals surface area contributed by atoms with Crippen molar-refractivity contribution in [1.82, 2.24) is 0 Å². The topological polar surface area (TPSA) is 46.2 Å². The zero-order valence-corrected chi connectivity index (χ0v) is 6.30. The van der Waals surface area contributed by atoms with Crippen molar-refractivity contribution in [3.8, 4) is 5.75 Å². The summed E-state index contributed by atoms with van der Waals surface area (Å²) < 4.78 is 24.5. The van der Waals surface area contributed by atoms with E-state index in [2.05, 4.69) is 0 Å². The summed E-state index contributed by atoms with van der Waals surface area (Å²) in [5.74, 6) is -0.171. The van der Waals surface area contributed by atoms with Gasteiger partial charge in [0.05, 0.1) is 0 Å². The highest BCUT2D eigenvalue weighted by atomic mass is 19.3. The average molecular weight is 173 g/mol. The van der Waals surface area contributed by atoms with Crippen LogP contribution in [-0.2, 0) is 6.54 Å². The standard InChI is InChI=1S/C8H9F2NO/c9-8(10)5-2-1-3-7(12)6(5)4-11/h1-3,8,12H,4,11H2. The quantitative estimate of drug-likeness (QED) is 0.716. The summed E-state index contributed by atoms with van der Waals surface area (Å²) in [6, 6.07) is 3.97. The molecular weight excluding hydrogens is 164 g/mol. The molecule has 0 bridgehead atoms. The molecule has 66 valence electrons. The number of hydrogen-bond donors (Lipinski definition) is 2. The molecule has 0 spiro atoms. The Labute approximate surface area is 68.6 Å². The van der Waals surface area contributed by atoms with Gasteiger partial charge in [-0.3, -0.25) is 0 Å². The van der Waals surface area contributed by atoms with Crippen molar-refractivity contribution in [3.63, 3.8) is 0 Å². The molecule has 12 heavy (non-hydrogen) atoms. The maximum Gasteiger partial charge on any atom is 0.264 e. The van der Waals surface area contributed by atoms with E-state index in [4.69, 9.17) is 10.8 Å². The van der Waals surface area contributed by atoms with Crippen molar-refractivity contribution in [2.75, 3.05) is 0 Å². The maximum atomic E-state index is 12.2. The zero-order valence-electron chi connectivity index (χ0n) is 6.30. The number of phenolic OH excluding ortho intramolecular Hbond substituents is 1. The molecule has 1 aromatic rings. The maximum absolute atomic E-state index is 12.2. The summed E-state index contributed by atoms with van der Waals surface area (Å²) in [5.41, 5.74) is 5.12. The fraction of sp³-hybridized carbons (Fsp3) is 0.250. The lowest BCUT2D eigenvalue weighted by molar-refractivity contribution is 0.149. The molecular formula is C8H9F2NO. The minimum atomic E-state index is -2.59. The molecule has 0 saturated heterocycles. The van der Waals surface area contributed by atoms with Gasteiger partial charge in [0, 0.05) is 17.7 Å². The van der Waals surface area contributed by atoms with Crippen LogP contribution in [0, 0.1) is 0 Å². The second-order valence-electron chi connectivity index (χ2n) is 2.35. The molecule has 4 heteroatoms. The molecule has 0 aromatic heterocycles. The van der Waals surface area contributed by atoms with E-state index in [1.807, 2.05) is 0 Å². The van der Waals surface area contributed by atoms with Gasteiger partial charge in [-0.1, -0.05) is 12.1 Å². The number of hydrogen-bond acceptors (Lipinski definition) is 2. The lowest BCUT2D eigenvalue weighted by atomic mass is 10.1. The minimum Gasteiger partial charge on any atom is -0.508 e. The molecule has 0 amide bonds. The molecule has 3 N–H and O–H groups in total. The van der Waals surface area contributed by atoms with Gasteiger partial charge in [-0.25, -0.2) is 8.78 Å². The second kappa shape index (κ2) is 3.49. The molecule has 0 saturated carbocycles. The van der Waals surface area contributed by atoms with Crippen LogP contribution >= 0.6 is 0 Å². The van der Waals surface area contributed by atoms with E-state index in [9.17, 15) is 8.78 Å². The first-order chi connectivity index (χ1) is 5.66. The Morgan fingerprint density at radius 2 is 2.08 bits per heavy atom. The first-order valence-corrected chi connectivity index (χ1v) is 3.45. The Hall–Kier alpha value is -1.16. The number of rotatable bonds is 2. The summed E-state index contributed by atoms with van der Waals surface area (Å²) >= 11 is 0. The highest BCUT2D eigenvalue weighted by Crippen LogP contribution is 2.28. The molecule has 0 aliphatic heterocycles. The van der Waals surface area contributed by atoms with E-state index in [-0.39, 0.29) is 23.4 Å². The van der Waals surface area contributed by atoms with Crippen LogP contribution in [-0.4, -0.2) is 5.11 Å². The normalized spacial score (nSPS) is 10.7.